The van der Waals surface area contributed by atoms with Gasteiger partial charge in [-0.2, -0.15) is 5.10 Å². The molecule has 5 heteroatoms. The zero-order chi connectivity index (χ0) is 11.6. The molecule has 1 atom stereocenters. The topological polar surface area (TPSA) is 67.2 Å². The van der Waals surface area contributed by atoms with E-state index in [9.17, 15) is 4.79 Å². The van der Waals surface area contributed by atoms with E-state index in [1.54, 1.807) is 25.6 Å². The van der Waals surface area contributed by atoms with Gasteiger partial charge in [-0.1, -0.05) is 0 Å². The Bertz CT molecular complexity index is 371. The SMILES string of the molecule is Cc1nn(C)c(C)c1C(=O)NC(C)CO. The zero-order valence-electron chi connectivity index (χ0n) is 9.53. The largest absolute Gasteiger partial charge is 0.394 e. The van der Waals surface area contributed by atoms with E-state index >= 15 is 0 Å². The van der Waals surface area contributed by atoms with E-state index in [4.69, 9.17) is 5.11 Å². The van der Waals surface area contributed by atoms with Crippen molar-refractivity contribution >= 4 is 5.91 Å². The Kier molecular flexibility index (Phi) is 3.47. The summed E-state index contributed by atoms with van der Waals surface area (Å²) in [6, 6.07) is -0.239. The molecule has 1 unspecified atom stereocenters. The van der Waals surface area contributed by atoms with Crippen LogP contribution in [0, 0.1) is 13.8 Å². The number of aliphatic hydroxyl groups excluding tert-OH is 1. The fraction of sp³-hybridized carbons (Fsp3) is 0.600. The molecule has 0 saturated heterocycles. The smallest absolute Gasteiger partial charge is 0.255 e. The Morgan fingerprint density at radius 2 is 2.20 bits per heavy atom. The minimum atomic E-state index is -0.239. The van der Waals surface area contributed by atoms with Crippen molar-refractivity contribution in [3.05, 3.63) is 17.0 Å². The van der Waals surface area contributed by atoms with Crippen LogP contribution in [0.5, 0.6) is 0 Å². The molecule has 0 radical (unpaired) electrons. The lowest BCUT2D eigenvalue weighted by Crippen LogP contribution is -2.35. The fourth-order valence-electron chi connectivity index (χ4n) is 1.44. The second-order valence-electron chi connectivity index (χ2n) is 3.73. The minimum absolute atomic E-state index is 0.0654. The predicted octanol–water partition coefficient (Wildman–Crippen LogP) is 0.148. The van der Waals surface area contributed by atoms with Gasteiger partial charge in [-0.25, -0.2) is 0 Å². The van der Waals surface area contributed by atoms with Crippen LogP contribution in [0.25, 0.3) is 0 Å². The standard InChI is InChI=1S/C10H17N3O2/c1-6(5-14)11-10(15)9-7(2)12-13(4)8(9)3/h6,14H,5H2,1-4H3,(H,11,15). The van der Waals surface area contributed by atoms with Gasteiger partial charge < -0.3 is 10.4 Å². The summed E-state index contributed by atoms with van der Waals surface area (Å²) < 4.78 is 1.67. The van der Waals surface area contributed by atoms with Crippen LogP contribution in [-0.4, -0.2) is 33.4 Å². The van der Waals surface area contributed by atoms with Crippen LogP contribution >= 0.6 is 0 Å². The number of nitrogens with one attached hydrogen (secondary N) is 1. The molecule has 1 aromatic rings. The van der Waals surface area contributed by atoms with Gasteiger partial charge in [0.05, 0.1) is 17.9 Å². The summed E-state index contributed by atoms with van der Waals surface area (Å²) in [4.78, 5) is 11.8. The van der Waals surface area contributed by atoms with Crippen molar-refractivity contribution in [3.63, 3.8) is 0 Å². The summed E-state index contributed by atoms with van der Waals surface area (Å²) in [5.74, 6) is -0.181. The molecule has 1 rings (SSSR count). The molecule has 0 aliphatic rings. The highest BCUT2D eigenvalue weighted by molar-refractivity contribution is 5.96. The molecule has 0 fully saturated rings. The Morgan fingerprint density at radius 1 is 1.60 bits per heavy atom. The second kappa shape index (κ2) is 4.44. The molecule has 2 N–H and O–H groups in total. The Balaban J connectivity index is 2.91. The van der Waals surface area contributed by atoms with Gasteiger partial charge in [-0.3, -0.25) is 9.48 Å². The highest BCUT2D eigenvalue weighted by atomic mass is 16.3. The molecule has 15 heavy (non-hydrogen) atoms. The first-order valence-corrected chi connectivity index (χ1v) is 4.89. The van der Waals surface area contributed by atoms with Gasteiger partial charge >= 0.3 is 0 Å². The highest BCUT2D eigenvalue weighted by Gasteiger charge is 2.18. The molecule has 0 aliphatic heterocycles. The molecule has 84 valence electrons. The lowest BCUT2D eigenvalue weighted by atomic mass is 10.1. The number of hydrogen-bond acceptors (Lipinski definition) is 3. The summed E-state index contributed by atoms with van der Waals surface area (Å²) in [7, 11) is 1.80. The normalized spacial score (nSPS) is 12.6. The molecule has 5 nitrogen and oxygen atoms in total. The van der Waals surface area contributed by atoms with Crippen LogP contribution < -0.4 is 5.32 Å². The summed E-state index contributed by atoms with van der Waals surface area (Å²) in [6.07, 6.45) is 0. The van der Waals surface area contributed by atoms with E-state index in [1.807, 2.05) is 6.92 Å². The van der Waals surface area contributed by atoms with Crippen LogP contribution in [0.4, 0.5) is 0 Å². The molecule has 0 spiro atoms. The van der Waals surface area contributed by atoms with Crippen molar-refractivity contribution < 1.29 is 9.90 Å². The quantitative estimate of drug-likeness (QED) is 0.747. The third-order valence-electron chi connectivity index (χ3n) is 2.39. The van der Waals surface area contributed by atoms with Gasteiger partial charge in [0.25, 0.3) is 5.91 Å². The number of carbonyl (C=O) groups is 1. The number of aryl methyl sites for hydroxylation is 2. The maximum atomic E-state index is 11.8. The molecule has 1 amide bonds. The van der Waals surface area contributed by atoms with Crippen LogP contribution in [0.15, 0.2) is 0 Å². The van der Waals surface area contributed by atoms with Crippen LogP contribution in [0.1, 0.15) is 28.7 Å². The third-order valence-corrected chi connectivity index (χ3v) is 2.39. The van der Waals surface area contributed by atoms with E-state index < -0.39 is 0 Å². The monoisotopic (exact) mass is 211 g/mol. The Morgan fingerprint density at radius 3 is 2.60 bits per heavy atom. The number of nitrogens with zero attached hydrogens (tertiary/aromatic N) is 2. The summed E-state index contributed by atoms with van der Waals surface area (Å²) in [5, 5.41) is 15.7. The Labute approximate surface area is 89.1 Å². The van der Waals surface area contributed by atoms with Gasteiger partial charge in [-0.15, -0.1) is 0 Å². The number of carbonyl (C=O) groups excluding carboxylic acids is 1. The molecular formula is C10H17N3O2. The van der Waals surface area contributed by atoms with Crippen LogP contribution in [-0.2, 0) is 7.05 Å². The first-order valence-electron chi connectivity index (χ1n) is 4.89. The molecule has 1 aromatic heterocycles. The van der Waals surface area contributed by atoms with Gasteiger partial charge in [0, 0.05) is 18.8 Å². The maximum absolute atomic E-state index is 11.8. The van der Waals surface area contributed by atoms with Gasteiger partial charge in [0.1, 0.15) is 0 Å². The number of amides is 1. The average Bonchev–Trinajstić information content (AvgIpc) is 2.41. The van der Waals surface area contributed by atoms with Crippen LogP contribution in [0.2, 0.25) is 0 Å². The van der Waals surface area contributed by atoms with Crippen molar-refractivity contribution in [1.29, 1.82) is 0 Å². The van der Waals surface area contributed by atoms with Gasteiger partial charge in [0.15, 0.2) is 0 Å². The second-order valence-corrected chi connectivity index (χ2v) is 3.73. The van der Waals surface area contributed by atoms with Crippen molar-refractivity contribution in [2.45, 2.75) is 26.8 Å². The summed E-state index contributed by atoms with van der Waals surface area (Å²) >= 11 is 0. The first kappa shape index (κ1) is 11.7. The lowest BCUT2D eigenvalue weighted by Gasteiger charge is -2.10. The summed E-state index contributed by atoms with van der Waals surface area (Å²) in [6.45, 7) is 5.33. The van der Waals surface area contributed by atoms with E-state index in [0.29, 0.717) is 11.3 Å². The number of rotatable bonds is 3. The molecule has 0 aromatic carbocycles. The molecule has 0 bridgehead atoms. The zero-order valence-corrected chi connectivity index (χ0v) is 9.53. The van der Waals surface area contributed by atoms with Crippen molar-refractivity contribution in [2.24, 2.45) is 7.05 Å². The van der Waals surface area contributed by atoms with E-state index in [1.165, 1.54) is 0 Å². The van der Waals surface area contributed by atoms with Crippen molar-refractivity contribution in [2.75, 3.05) is 6.61 Å². The van der Waals surface area contributed by atoms with Gasteiger partial charge in [-0.05, 0) is 20.8 Å². The minimum Gasteiger partial charge on any atom is -0.394 e. The number of aromatic nitrogens is 2. The summed E-state index contributed by atoms with van der Waals surface area (Å²) in [5.41, 5.74) is 2.13. The lowest BCUT2D eigenvalue weighted by molar-refractivity contribution is 0.0921. The molecule has 0 saturated carbocycles. The van der Waals surface area contributed by atoms with Crippen molar-refractivity contribution in [3.8, 4) is 0 Å². The van der Waals surface area contributed by atoms with Crippen molar-refractivity contribution in [1.82, 2.24) is 15.1 Å². The van der Waals surface area contributed by atoms with E-state index in [-0.39, 0.29) is 18.6 Å². The highest BCUT2D eigenvalue weighted by Crippen LogP contribution is 2.11. The predicted molar refractivity (Wildman–Crippen MR) is 56.7 cm³/mol. The molecular weight excluding hydrogens is 194 g/mol. The van der Waals surface area contributed by atoms with Crippen LogP contribution in [0.3, 0.4) is 0 Å². The number of hydrogen-bond donors (Lipinski definition) is 2. The Hall–Kier alpha value is -1.36. The van der Waals surface area contributed by atoms with E-state index in [2.05, 4.69) is 10.4 Å². The third kappa shape index (κ3) is 2.36. The molecule has 0 aliphatic carbocycles. The van der Waals surface area contributed by atoms with E-state index in [0.717, 1.165) is 5.69 Å². The van der Waals surface area contributed by atoms with Gasteiger partial charge in [0.2, 0.25) is 0 Å². The fourth-order valence-corrected chi connectivity index (χ4v) is 1.44. The first-order chi connectivity index (χ1) is 6.97. The maximum Gasteiger partial charge on any atom is 0.255 e. The number of aliphatic hydroxyl groups is 1. The average molecular weight is 211 g/mol. The molecule has 1 heterocycles.